The number of nitrogens with one attached hydrogen (secondary N) is 1. The zero-order valence-corrected chi connectivity index (χ0v) is 12.0. The topological polar surface area (TPSA) is 24.9 Å². The van der Waals surface area contributed by atoms with Gasteiger partial charge in [0.05, 0.1) is 5.69 Å². The van der Waals surface area contributed by atoms with Gasteiger partial charge in [0.15, 0.2) is 5.15 Å². The van der Waals surface area contributed by atoms with Crippen molar-refractivity contribution in [2.24, 2.45) is 0 Å². The number of benzene rings is 1. The molecule has 0 saturated heterocycles. The van der Waals surface area contributed by atoms with Crippen LogP contribution in [0, 0.1) is 6.92 Å². The molecule has 1 N–H and O–H groups in total. The zero-order chi connectivity index (χ0) is 13.0. The quantitative estimate of drug-likeness (QED) is 0.664. The monoisotopic (exact) mass is 278 g/mol. The van der Waals surface area contributed by atoms with Crippen LogP contribution in [0.15, 0.2) is 41.4 Å². The Bertz CT molecular complexity index is 506. The second kappa shape index (κ2) is 6.12. The van der Waals surface area contributed by atoms with Gasteiger partial charge in [-0.15, -0.1) is 11.8 Å². The highest BCUT2D eigenvalue weighted by Crippen LogP contribution is 2.23. The minimum Gasteiger partial charge on any atom is -0.378 e. The maximum Gasteiger partial charge on any atom is 0.152 e. The first kappa shape index (κ1) is 13.2. The van der Waals surface area contributed by atoms with E-state index in [0.29, 0.717) is 5.15 Å². The van der Waals surface area contributed by atoms with Crippen molar-refractivity contribution in [2.75, 3.05) is 11.6 Å². The summed E-state index contributed by atoms with van der Waals surface area (Å²) in [4.78, 5) is 5.35. The molecule has 2 aromatic rings. The fourth-order valence-electron chi connectivity index (χ4n) is 1.67. The minimum absolute atomic E-state index is 0.524. The lowest BCUT2D eigenvalue weighted by molar-refractivity contribution is 1.12. The molecule has 0 saturated carbocycles. The Balaban J connectivity index is 2.06. The molecule has 1 aromatic carbocycles. The Morgan fingerprint density at radius 2 is 1.94 bits per heavy atom. The van der Waals surface area contributed by atoms with E-state index in [9.17, 15) is 0 Å². The molecule has 0 radical (unpaired) electrons. The van der Waals surface area contributed by atoms with E-state index in [0.717, 1.165) is 17.8 Å². The number of rotatable bonds is 4. The third-order valence-electron chi connectivity index (χ3n) is 2.74. The first-order chi connectivity index (χ1) is 8.70. The molecule has 0 aliphatic rings. The standard InChI is InChI=1S/C14H15ClN2S/c1-10-7-8-16-14(15)13(10)17-9-11-3-5-12(18-2)6-4-11/h3-8,17H,9H2,1-2H3. The van der Waals surface area contributed by atoms with Gasteiger partial charge in [-0.3, -0.25) is 0 Å². The van der Waals surface area contributed by atoms with Crippen LogP contribution in [0.4, 0.5) is 5.69 Å². The summed E-state index contributed by atoms with van der Waals surface area (Å²) < 4.78 is 0. The van der Waals surface area contributed by atoms with Crippen molar-refractivity contribution in [2.45, 2.75) is 18.4 Å². The average molecular weight is 279 g/mol. The van der Waals surface area contributed by atoms with Gasteiger partial charge in [-0.1, -0.05) is 23.7 Å². The molecule has 0 spiro atoms. The zero-order valence-electron chi connectivity index (χ0n) is 10.4. The van der Waals surface area contributed by atoms with Gasteiger partial charge >= 0.3 is 0 Å². The van der Waals surface area contributed by atoms with Crippen LogP contribution in [0.2, 0.25) is 5.15 Å². The van der Waals surface area contributed by atoms with Crippen molar-refractivity contribution in [1.29, 1.82) is 0 Å². The Morgan fingerprint density at radius 1 is 1.22 bits per heavy atom. The molecule has 2 nitrogen and oxygen atoms in total. The maximum atomic E-state index is 6.07. The van der Waals surface area contributed by atoms with Crippen molar-refractivity contribution >= 4 is 29.1 Å². The maximum absolute atomic E-state index is 6.07. The first-order valence-corrected chi connectivity index (χ1v) is 7.29. The summed E-state index contributed by atoms with van der Waals surface area (Å²) in [6, 6.07) is 10.4. The summed E-state index contributed by atoms with van der Waals surface area (Å²) in [6.45, 7) is 2.77. The van der Waals surface area contributed by atoms with Gasteiger partial charge in [0, 0.05) is 17.6 Å². The van der Waals surface area contributed by atoms with E-state index in [1.807, 2.05) is 13.0 Å². The summed E-state index contributed by atoms with van der Waals surface area (Å²) in [6.07, 6.45) is 3.79. The number of halogens is 1. The van der Waals surface area contributed by atoms with Crippen molar-refractivity contribution in [1.82, 2.24) is 4.98 Å². The lowest BCUT2D eigenvalue weighted by Crippen LogP contribution is -2.02. The van der Waals surface area contributed by atoms with E-state index in [-0.39, 0.29) is 0 Å². The molecule has 0 atom stereocenters. The molecule has 1 heterocycles. The smallest absolute Gasteiger partial charge is 0.152 e. The van der Waals surface area contributed by atoms with E-state index in [2.05, 4.69) is 40.8 Å². The van der Waals surface area contributed by atoms with Crippen LogP contribution in [0.3, 0.4) is 0 Å². The second-order valence-electron chi connectivity index (χ2n) is 4.00. The number of aryl methyl sites for hydroxylation is 1. The third-order valence-corrected chi connectivity index (χ3v) is 3.77. The fourth-order valence-corrected chi connectivity index (χ4v) is 2.35. The predicted octanol–water partition coefficient (Wildman–Crippen LogP) is 4.38. The van der Waals surface area contributed by atoms with Crippen molar-refractivity contribution < 1.29 is 0 Å². The van der Waals surface area contributed by atoms with E-state index in [1.165, 1.54) is 10.5 Å². The highest BCUT2D eigenvalue weighted by Gasteiger charge is 2.04. The number of hydrogen-bond acceptors (Lipinski definition) is 3. The Hall–Kier alpha value is -1.19. The molecule has 0 unspecified atom stereocenters. The summed E-state index contributed by atoms with van der Waals surface area (Å²) in [5.41, 5.74) is 3.25. The largest absolute Gasteiger partial charge is 0.378 e. The molecular formula is C14H15ClN2S. The molecule has 0 bridgehead atoms. The molecular weight excluding hydrogens is 264 g/mol. The van der Waals surface area contributed by atoms with Gasteiger partial charge in [-0.2, -0.15) is 0 Å². The van der Waals surface area contributed by atoms with Crippen LogP contribution in [0.5, 0.6) is 0 Å². The SMILES string of the molecule is CSc1ccc(CNc2c(C)ccnc2Cl)cc1. The molecule has 0 aliphatic carbocycles. The number of hydrogen-bond donors (Lipinski definition) is 1. The lowest BCUT2D eigenvalue weighted by Gasteiger charge is -2.10. The van der Waals surface area contributed by atoms with E-state index >= 15 is 0 Å². The summed E-state index contributed by atoms with van der Waals surface area (Å²) in [7, 11) is 0. The number of thioether (sulfide) groups is 1. The first-order valence-electron chi connectivity index (χ1n) is 5.68. The predicted molar refractivity (Wildman–Crippen MR) is 79.5 cm³/mol. The molecule has 0 amide bonds. The Kier molecular flexibility index (Phi) is 4.50. The van der Waals surface area contributed by atoms with Gasteiger partial charge in [0.2, 0.25) is 0 Å². The van der Waals surface area contributed by atoms with Gasteiger partial charge in [0.25, 0.3) is 0 Å². The average Bonchev–Trinajstić information content (AvgIpc) is 2.39. The van der Waals surface area contributed by atoms with Crippen molar-refractivity contribution in [3.05, 3.63) is 52.8 Å². The van der Waals surface area contributed by atoms with E-state index in [4.69, 9.17) is 11.6 Å². The van der Waals surface area contributed by atoms with Crippen LogP contribution in [0.1, 0.15) is 11.1 Å². The van der Waals surface area contributed by atoms with Gasteiger partial charge in [-0.05, 0) is 42.5 Å². The van der Waals surface area contributed by atoms with E-state index in [1.54, 1.807) is 18.0 Å². The third kappa shape index (κ3) is 3.18. The second-order valence-corrected chi connectivity index (χ2v) is 5.23. The molecule has 4 heteroatoms. The van der Waals surface area contributed by atoms with E-state index < -0.39 is 0 Å². The molecule has 0 fully saturated rings. The highest BCUT2D eigenvalue weighted by atomic mass is 35.5. The molecule has 1 aromatic heterocycles. The highest BCUT2D eigenvalue weighted by molar-refractivity contribution is 7.98. The summed E-state index contributed by atoms with van der Waals surface area (Å²) in [5.74, 6) is 0. The fraction of sp³-hybridized carbons (Fsp3) is 0.214. The number of nitrogens with zero attached hydrogens (tertiary/aromatic N) is 1. The Labute approximate surface area is 117 Å². The van der Waals surface area contributed by atoms with Crippen LogP contribution < -0.4 is 5.32 Å². The van der Waals surface area contributed by atoms with Gasteiger partial charge in [-0.25, -0.2) is 4.98 Å². The molecule has 2 rings (SSSR count). The molecule has 0 aliphatic heterocycles. The lowest BCUT2D eigenvalue weighted by atomic mass is 10.2. The normalized spacial score (nSPS) is 10.4. The van der Waals surface area contributed by atoms with Crippen molar-refractivity contribution in [3.63, 3.8) is 0 Å². The van der Waals surface area contributed by atoms with Crippen LogP contribution in [-0.4, -0.2) is 11.2 Å². The number of anilines is 1. The minimum atomic E-state index is 0.524. The van der Waals surface area contributed by atoms with Gasteiger partial charge in [0.1, 0.15) is 0 Å². The Morgan fingerprint density at radius 3 is 2.56 bits per heavy atom. The van der Waals surface area contributed by atoms with Crippen LogP contribution >= 0.6 is 23.4 Å². The van der Waals surface area contributed by atoms with Gasteiger partial charge < -0.3 is 5.32 Å². The van der Waals surface area contributed by atoms with Crippen LogP contribution in [-0.2, 0) is 6.54 Å². The molecule has 18 heavy (non-hydrogen) atoms. The summed E-state index contributed by atoms with van der Waals surface area (Å²) >= 11 is 7.81. The number of aromatic nitrogens is 1. The molecule has 94 valence electrons. The van der Waals surface area contributed by atoms with Crippen LogP contribution in [0.25, 0.3) is 0 Å². The van der Waals surface area contributed by atoms with Crippen molar-refractivity contribution in [3.8, 4) is 0 Å². The number of pyridine rings is 1. The summed E-state index contributed by atoms with van der Waals surface area (Å²) in [5, 5.41) is 3.86.